The van der Waals surface area contributed by atoms with Gasteiger partial charge in [0.15, 0.2) is 5.84 Å². The minimum Gasteiger partial charge on any atom is -0.474 e. The number of pyridine rings is 1. The van der Waals surface area contributed by atoms with Gasteiger partial charge in [0.25, 0.3) is 5.69 Å². The number of aromatic nitrogens is 1. The fraction of sp³-hybridized carbons (Fsp3) is 0.455. The molecule has 0 aliphatic rings. The van der Waals surface area contributed by atoms with Crippen LogP contribution in [-0.2, 0) is 0 Å². The Labute approximate surface area is 110 Å². The fourth-order valence-corrected chi connectivity index (χ4v) is 1.53. The largest absolute Gasteiger partial charge is 0.474 e. The van der Waals surface area contributed by atoms with Crippen molar-refractivity contribution in [1.82, 2.24) is 4.98 Å². The van der Waals surface area contributed by atoms with Gasteiger partial charge in [0.1, 0.15) is 6.20 Å². The molecular weight excluding hydrogens is 252 g/mol. The zero-order valence-corrected chi connectivity index (χ0v) is 10.7. The molecule has 0 aliphatic carbocycles. The maximum Gasteiger partial charge on any atom is 0.288 e. The van der Waals surface area contributed by atoms with Gasteiger partial charge in [-0.1, -0.05) is 18.5 Å². The highest BCUT2D eigenvalue weighted by Gasteiger charge is 2.18. The maximum atomic E-state index is 10.7. The number of nitrogens with zero attached hydrogens (tertiary/aromatic N) is 3. The summed E-state index contributed by atoms with van der Waals surface area (Å²) in [6.45, 7) is 3.86. The van der Waals surface area contributed by atoms with Gasteiger partial charge < -0.3 is 15.7 Å². The summed E-state index contributed by atoms with van der Waals surface area (Å²) in [5.41, 5.74) is 5.32. The molecule has 0 fully saturated rings. The molecule has 1 rings (SSSR count). The molecule has 0 saturated heterocycles. The van der Waals surface area contributed by atoms with E-state index in [-0.39, 0.29) is 29.1 Å². The number of hydrogen-bond donors (Lipinski definition) is 2. The van der Waals surface area contributed by atoms with E-state index in [1.165, 1.54) is 0 Å². The van der Waals surface area contributed by atoms with Crippen LogP contribution in [0.4, 0.5) is 5.69 Å². The highest BCUT2D eigenvalue weighted by Crippen LogP contribution is 2.22. The smallest absolute Gasteiger partial charge is 0.288 e. The number of nitrogens with two attached hydrogens (primary N) is 1. The molecule has 0 saturated carbocycles. The zero-order chi connectivity index (χ0) is 14.4. The van der Waals surface area contributed by atoms with Crippen LogP contribution in [0.1, 0.15) is 32.3 Å². The van der Waals surface area contributed by atoms with Crippen LogP contribution in [0.25, 0.3) is 0 Å². The summed E-state index contributed by atoms with van der Waals surface area (Å²) < 4.78 is 5.54. The normalized spacial score (nSPS) is 13.1. The van der Waals surface area contributed by atoms with Crippen LogP contribution in [-0.4, -0.2) is 27.1 Å². The van der Waals surface area contributed by atoms with Gasteiger partial charge in [-0.2, -0.15) is 0 Å². The zero-order valence-electron chi connectivity index (χ0n) is 10.7. The quantitative estimate of drug-likeness (QED) is 0.266. The van der Waals surface area contributed by atoms with E-state index in [1.54, 1.807) is 0 Å². The molecule has 1 aromatic heterocycles. The molecule has 0 amide bonds. The first-order valence-corrected chi connectivity index (χ1v) is 5.78. The Morgan fingerprint density at radius 2 is 2.42 bits per heavy atom. The van der Waals surface area contributed by atoms with E-state index < -0.39 is 4.92 Å². The number of amidine groups is 1. The molecule has 1 unspecified atom stereocenters. The molecule has 8 heteroatoms. The summed E-state index contributed by atoms with van der Waals surface area (Å²) in [6.07, 6.45) is 2.67. The molecule has 104 valence electrons. The third-order valence-corrected chi connectivity index (χ3v) is 2.44. The Bertz CT molecular complexity index is 490. The lowest BCUT2D eigenvalue weighted by Gasteiger charge is -2.15. The first-order valence-electron chi connectivity index (χ1n) is 5.78. The summed E-state index contributed by atoms with van der Waals surface area (Å²) >= 11 is 0. The first-order chi connectivity index (χ1) is 8.99. The predicted molar refractivity (Wildman–Crippen MR) is 68.4 cm³/mol. The second kappa shape index (κ2) is 6.53. The molecule has 1 heterocycles. The van der Waals surface area contributed by atoms with Crippen molar-refractivity contribution in [2.75, 3.05) is 0 Å². The van der Waals surface area contributed by atoms with Crippen LogP contribution < -0.4 is 10.5 Å². The van der Waals surface area contributed by atoms with Gasteiger partial charge in [-0.25, -0.2) is 4.98 Å². The summed E-state index contributed by atoms with van der Waals surface area (Å²) in [5.74, 6) is -0.170. The predicted octanol–water partition coefficient (Wildman–Crippen LogP) is 1.65. The third-order valence-electron chi connectivity index (χ3n) is 2.44. The lowest BCUT2D eigenvalue weighted by Crippen LogP contribution is -2.19. The summed E-state index contributed by atoms with van der Waals surface area (Å²) in [6, 6.07) is 1.16. The Kier molecular flexibility index (Phi) is 5.04. The van der Waals surface area contributed by atoms with E-state index in [4.69, 9.17) is 15.7 Å². The maximum absolute atomic E-state index is 10.7. The van der Waals surface area contributed by atoms with Crippen molar-refractivity contribution in [2.24, 2.45) is 10.9 Å². The van der Waals surface area contributed by atoms with Gasteiger partial charge in [-0.15, -0.1) is 0 Å². The van der Waals surface area contributed by atoms with Crippen molar-refractivity contribution in [1.29, 1.82) is 0 Å². The topological polar surface area (TPSA) is 124 Å². The first kappa shape index (κ1) is 14.7. The molecule has 1 aromatic rings. The lowest BCUT2D eigenvalue weighted by atomic mass is 10.2. The van der Waals surface area contributed by atoms with Crippen molar-refractivity contribution >= 4 is 11.5 Å². The Balaban J connectivity index is 3.12. The SMILES string of the molecule is CCCC(C)Oc1ncc([N+](=O)[O-])cc1C(N)=NO. The Morgan fingerprint density at radius 1 is 1.74 bits per heavy atom. The Morgan fingerprint density at radius 3 is 2.95 bits per heavy atom. The van der Waals surface area contributed by atoms with Gasteiger partial charge in [0, 0.05) is 6.07 Å². The second-order valence-corrected chi connectivity index (χ2v) is 4.01. The van der Waals surface area contributed by atoms with Crippen LogP contribution in [0.2, 0.25) is 0 Å². The average Bonchev–Trinajstić information content (AvgIpc) is 2.38. The number of nitro groups is 1. The third kappa shape index (κ3) is 3.80. The van der Waals surface area contributed by atoms with Gasteiger partial charge in [-0.05, 0) is 13.3 Å². The van der Waals surface area contributed by atoms with E-state index in [1.807, 2.05) is 13.8 Å². The van der Waals surface area contributed by atoms with Gasteiger partial charge in [0.2, 0.25) is 5.88 Å². The van der Waals surface area contributed by atoms with E-state index in [0.717, 1.165) is 25.1 Å². The molecule has 0 bridgehead atoms. The lowest BCUT2D eigenvalue weighted by molar-refractivity contribution is -0.385. The molecule has 1 atom stereocenters. The molecule has 0 aromatic carbocycles. The second-order valence-electron chi connectivity index (χ2n) is 4.01. The van der Waals surface area contributed by atoms with Crippen LogP contribution in [0.15, 0.2) is 17.4 Å². The highest BCUT2D eigenvalue weighted by atomic mass is 16.6. The molecule has 3 N–H and O–H groups in total. The molecule has 0 spiro atoms. The molecule has 19 heavy (non-hydrogen) atoms. The van der Waals surface area contributed by atoms with Crippen molar-refractivity contribution in [3.63, 3.8) is 0 Å². The van der Waals surface area contributed by atoms with Crippen LogP contribution in [0.5, 0.6) is 5.88 Å². The van der Waals surface area contributed by atoms with Crippen molar-refractivity contribution in [3.05, 3.63) is 27.9 Å². The standard InChI is InChI=1S/C11H16N4O4/c1-3-4-7(2)19-11-9(10(12)14-16)5-8(6-13-11)15(17)18/h5-7,16H,3-4H2,1-2H3,(H2,12,14). The van der Waals surface area contributed by atoms with E-state index in [0.29, 0.717) is 0 Å². The number of rotatable bonds is 6. The number of oxime groups is 1. The molecule has 0 aliphatic heterocycles. The van der Waals surface area contributed by atoms with Gasteiger partial charge in [-0.3, -0.25) is 10.1 Å². The van der Waals surface area contributed by atoms with Crippen molar-refractivity contribution in [3.8, 4) is 5.88 Å². The Hall–Kier alpha value is -2.38. The average molecular weight is 268 g/mol. The minimum absolute atomic E-state index is 0.0969. The monoisotopic (exact) mass is 268 g/mol. The van der Waals surface area contributed by atoms with E-state index in [9.17, 15) is 10.1 Å². The minimum atomic E-state index is -0.611. The number of ether oxygens (including phenoxy) is 1. The fourth-order valence-electron chi connectivity index (χ4n) is 1.53. The summed E-state index contributed by atoms with van der Waals surface area (Å²) in [5, 5.41) is 22.2. The van der Waals surface area contributed by atoms with Crippen molar-refractivity contribution < 1.29 is 14.9 Å². The van der Waals surface area contributed by atoms with Crippen LogP contribution >= 0.6 is 0 Å². The number of hydrogen-bond acceptors (Lipinski definition) is 6. The summed E-state index contributed by atoms with van der Waals surface area (Å²) in [7, 11) is 0. The molecular formula is C11H16N4O4. The van der Waals surface area contributed by atoms with Crippen molar-refractivity contribution in [2.45, 2.75) is 32.8 Å². The van der Waals surface area contributed by atoms with E-state index in [2.05, 4.69) is 10.1 Å². The van der Waals surface area contributed by atoms with Gasteiger partial charge in [0.05, 0.1) is 16.6 Å². The molecule has 8 nitrogen and oxygen atoms in total. The van der Waals surface area contributed by atoms with Crippen LogP contribution in [0, 0.1) is 10.1 Å². The molecule has 0 radical (unpaired) electrons. The van der Waals surface area contributed by atoms with Crippen LogP contribution in [0.3, 0.4) is 0 Å². The van der Waals surface area contributed by atoms with Gasteiger partial charge >= 0.3 is 0 Å². The summed E-state index contributed by atoms with van der Waals surface area (Å²) in [4.78, 5) is 13.9. The highest BCUT2D eigenvalue weighted by molar-refractivity contribution is 5.99. The van der Waals surface area contributed by atoms with E-state index >= 15 is 0 Å².